The number of hydrogen-bond donors (Lipinski definition) is 1. The number of carbonyl (C=O) groups is 1. The summed E-state index contributed by atoms with van der Waals surface area (Å²) in [5.41, 5.74) is 0.893. The van der Waals surface area contributed by atoms with Gasteiger partial charge in [-0.3, -0.25) is 4.21 Å². The number of aryl methyl sites for hydroxylation is 1. The van der Waals surface area contributed by atoms with Gasteiger partial charge in [0, 0.05) is 26.7 Å². The SMILES string of the molecule is Cc1sc(C(=O)O)cc1CS(=O)C(C)C. The summed E-state index contributed by atoms with van der Waals surface area (Å²) < 4.78 is 11.6. The minimum absolute atomic E-state index is 0.109. The molecule has 0 aliphatic rings. The molecule has 1 rings (SSSR count). The molecule has 1 heterocycles. The molecule has 0 radical (unpaired) electrons. The summed E-state index contributed by atoms with van der Waals surface area (Å²) in [6.45, 7) is 5.66. The second-order valence-electron chi connectivity index (χ2n) is 3.57. The van der Waals surface area contributed by atoms with Gasteiger partial charge < -0.3 is 5.11 Å². The average molecular weight is 246 g/mol. The summed E-state index contributed by atoms with van der Waals surface area (Å²) in [5.74, 6) is -0.461. The van der Waals surface area contributed by atoms with Crippen LogP contribution in [-0.4, -0.2) is 20.5 Å². The number of carboxylic acid groups (broad SMARTS) is 1. The first-order valence-electron chi connectivity index (χ1n) is 4.61. The lowest BCUT2D eigenvalue weighted by Gasteiger charge is -2.04. The number of thiophene rings is 1. The van der Waals surface area contributed by atoms with Crippen LogP contribution in [0.1, 0.15) is 34.0 Å². The highest BCUT2D eigenvalue weighted by molar-refractivity contribution is 7.84. The van der Waals surface area contributed by atoms with E-state index in [1.165, 1.54) is 11.3 Å². The largest absolute Gasteiger partial charge is 0.477 e. The van der Waals surface area contributed by atoms with Gasteiger partial charge >= 0.3 is 5.97 Å². The lowest BCUT2D eigenvalue weighted by molar-refractivity contribution is 0.0702. The highest BCUT2D eigenvalue weighted by atomic mass is 32.2. The van der Waals surface area contributed by atoms with Gasteiger partial charge in [-0.2, -0.15) is 0 Å². The minimum atomic E-state index is -0.919. The molecule has 0 fully saturated rings. The molecule has 3 nitrogen and oxygen atoms in total. The molecule has 0 saturated heterocycles. The molecule has 0 bridgehead atoms. The Hall–Kier alpha value is -0.680. The van der Waals surface area contributed by atoms with Crippen molar-refractivity contribution in [3.05, 3.63) is 21.4 Å². The van der Waals surface area contributed by atoms with E-state index in [1.54, 1.807) is 6.07 Å². The number of hydrogen-bond acceptors (Lipinski definition) is 3. The monoisotopic (exact) mass is 246 g/mol. The lowest BCUT2D eigenvalue weighted by Crippen LogP contribution is -2.07. The van der Waals surface area contributed by atoms with Crippen LogP contribution < -0.4 is 0 Å². The highest BCUT2D eigenvalue weighted by Gasteiger charge is 2.14. The predicted octanol–water partition coefficient (Wildman–Crippen LogP) is 2.41. The molecule has 1 aromatic rings. The van der Waals surface area contributed by atoms with Crippen molar-refractivity contribution in [2.75, 3.05) is 0 Å². The van der Waals surface area contributed by atoms with Crippen LogP contribution in [0.2, 0.25) is 0 Å². The van der Waals surface area contributed by atoms with Crippen LogP contribution in [0.3, 0.4) is 0 Å². The zero-order valence-corrected chi connectivity index (χ0v) is 10.6. The Morgan fingerprint density at radius 2 is 2.20 bits per heavy atom. The van der Waals surface area contributed by atoms with Crippen LogP contribution in [0, 0.1) is 6.92 Å². The third-order valence-electron chi connectivity index (χ3n) is 2.05. The molecule has 1 atom stereocenters. The maximum atomic E-state index is 11.6. The first-order chi connectivity index (χ1) is 6.91. The third-order valence-corrected chi connectivity index (χ3v) is 4.78. The predicted molar refractivity (Wildman–Crippen MR) is 63.0 cm³/mol. The second kappa shape index (κ2) is 4.90. The van der Waals surface area contributed by atoms with Gasteiger partial charge in [-0.25, -0.2) is 4.79 Å². The molecular weight excluding hydrogens is 232 g/mol. The maximum Gasteiger partial charge on any atom is 0.345 e. The fourth-order valence-electron chi connectivity index (χ4n) is 1.09. The quantitative estimate of drug-likeness (QED) is 0.887. The molecular formula is C10H14O3S2. The summed E-state index contributed by atoms with van der Waals surface area (Å²) in [6.07, 6.45) is 0. The van der Waals surface area contributed by atoms with Crippen LogP contribution in [0.4, 0.5) is 0 Å². The van der Waals surface area contributed by atoms with E-state index in [0.29, 0.717) is 10.6 Å². The Labute approximate surface area is 95.6 Å². The summed E-state index contributed by atoms with van der Waals surface area (Å²) in [5, 5.41) is 8.91. The normalized spacial score (nSPS) is 13.1. The molecule has 0 aliphatic heterocycles. The standard InChI is InChI=1S/C10H14O3S2/c1-6(2)15(13)5-8-4-9(10(11)12)14-7(8)3/h4,6H,5H2,1-3H3,(H,11,12). The summed E-state index contributed by atoms with van der Waals surface area (Å²) >= 11 is 1.24. The van der Waals surface area contributed by atoms with Gasteiger partial charge in [0.2, 0.25) is 0 Å². The van der Waals surface area contributed by atoms with Crippen molar-refractivity contribution >= 4 is 28.1 Å². The van der Waals surface area contributed by atoms with Crippen molar-refractivity contribution in [1.29, 1.82) is 0 Å². The Morgan fingerprint density at radius 1 is 1.60 bits per heavy atom. The Morgan fingerprint density at radius 3 is 2.60 bits per heavy atom. The van der Waals surface area contributed by atoms with Gasteiger partial charge in [0.05, 0.1) is 0 Å². The molecule has 0 amide bonds. The van der Waals surface area contributed by atoms with Gasteiger partial charge in [0.15, 0.2) is 0 Å². The van der Waals surface area contributed by atoms with Gasteiger partial charge in [-0.05, 0) is 18.6 Å². The number of carboxylic acids is 1. The average Bonchev–Trinajstić information content (AvgIpc) is 2.47. The van der Waals surface area contributed by atoms with Crippen LogP contribution in [0.15, 0.2) is 6.07 Å². The van der Waals surface area contributed by atoms with Crippen molar-refractivity contribution in [3.63, 3.8) is 0 Å². The van der Waals surface area contributed by atoms with Crippen molar-refractivity contribution in [2.45, 2.75) is 31.8 Å². The molecule has 84 valence electrons. The van der Waals surface area contributed by atoms with E-state index >= 15 is 0 Å². The smallest absolute Gasteiger partial charge is 0.345 e. The summed E-state index contributed by atoms with van der Waals surface area (Å²) in [7, 11) is -0.919. The number of aromatic carboxylic acids is 1. The fraction of sp³-hybridized carbons (Fsp3) is 0.500. The zero-order chi connectivity index (χ0) is 11.6. The van der Waals surface area contributed by atoms with Crippen molar-refractivity contribution < 1.29 is 14.1 Å². The first-order valence-corrected chi connectivity index (χ1v) is 6.81. The Bertz CT molecular complexity index is 393. The van der Waals surface area contributed by atoms with Crippen LogP contribution >= 0.6 is 11.3 Å². The van der Waals surface area contributed by atoms with Gasteiger partial charge in [-0.15, -0.1) is 11.3 Å². The van der Waals surface area contributed by atoms with Gasteiger partial charge in [0.1, 0.15) is 4.88 Å². The van der Waals surface area contributed by atoms with Gasteiger partial charge in [-0.1, -0.05) is 13.8 Å². The van der Waals surface area contributed by atoms with Crippen LogP contribution in [0.5, 0.6) is 0 Å². The molecule has 1 unspecified atom stereocenters. The van der Waals surface area contributed by atoms with Gasteiger partial charge in [0.25, 0.3) is 0 Å². The molecule has 0 aliphatic carbocycles. The van der Waals surface area contributed by atoms with E-state index in [1.807, 2.05) is 20.8 Å². The summed E-state index contributed by atoms with van der Waals surface area (Å²) in [6, 6.07) is 1.63. The second-order valence-corrected chi connectivity index (χ2v) is 6.82. The van der Waals surface area contributed by atoms with E-state index in [-0.39, 0.29) is 5.25 Å². The van der Waals surface area contributed by atoms with Crippen LogP contribution in [0.25, 0.3) is 0 Å². The molecule has 15 heavy (non-hydrogen) atoms. The van der Waals surface area contributed by atoms with Crippen molar-refractivity contribution in [2.24, 2.45) is 0 Å². The molecule has 0 aromatic carbocycles. The van der Waals surface area contributed by atoms with E-state index < -0.39 is 16.8 Å². The topological polar surface area (TPSA) is 54.4 Å². The number of rotatable bonds is 4. The van der Waals surface area contributed by atoms with E-state index in [2.05, 4.69) is 0 Å². The molecule has 1 N–H and O–H groups in total. The van der Waals surface area contributed by atoms with Crippen molar-refractivity contribution in [3.8, 4) is 0 Å². The van der Waals surface area contributed by atoms with E-state index in [9.17, 15) is 9.00 Å². The Balaban J connectivity index is 2.86. The fourth-order valence-corrected chi connectivity index (χ4v) is 3.00. The maximum absolute atomic E-state index is 11.6. The highest BCUT2D eigenvalue weighted by Crippen LogP contribution is 2.23. The van der Waals surface area contributed by atoms with E-state index in [4.69, 9.17) is 5.11 Å². The molecule has 0 spiro atoms. The molecule has 5 heteroatoms. The minimum Gasteiger partial charge on any atom is -0.477 e. The molecule has 0 saturated carbocycles. The zero-order valence-electron chi connectivity index (χ0n) is 8.94. The first kappa shape index (κ1) is 12.4. The lowest BCUT2D eigenvalue weighted by atomic mass is 10.3. The van der Waals surface area contributed by atoms with Crippen molar-refractivity contribution in [1.82, 2.24) is 0 Å². The Kier molecular flexibility index (Phi) is 4.04. The van der Waals surface area contributed by atoms with E-state index in [0.717, 1.165) is 10.4 Å². The molecule has 1 aromatic heterocycles. The summed E-state index contributed by atoms with van der Waals surface area (Å²) in [4.78, 5) is 12.0. The van der Waals surface area contributed by atoms with Crippen LogP contribution in [-0.2, 0) is 16.6 Å². The third kappa shape index (κ3) is 3.14.